The van der Waals surface area contributed by atoms with Gasteiger partial charge in [-0.15, -0.1) is 0 Å². The van der Waals surface area contributed by atoms with Crippen LogP contribution in [0.4, 0.5) is 29.5 Å². The Balaban J connectivity index is 0.000000307. The van der Waals surface area contributed by atoms with Crippen LogP contribution < -0.4 is 31.9 Å². The van der Waals surface area contributed by atoms with Crippen molar-refractivity contribution in [1.82, 2.24) is 39.6 Å². The monoisotopic (exact) mass is 841 g/mol. The Labute approximate surface area is 340 Å². The molecule has 1 atom stereocenters. The van der Waals surface area contributed by atoms with Gasteiger partial charge in [0.15, 0.2) is 5.65 Å². The zero-order chi connectivity index (χ0) is 41.5. The van der Waals surface area contributed by atoms with Gasteiger partial charge in [-0.05, 0) is 56.3 Å². The van der Waals surface area contributed by atoms with Gasteiger partial charge < -0.3 is 30.7 Å². The Bertz CT molecular complexity index is 2540. The fourth-order valence-corrected chi connectivity index (χ4v) is 8.25. The van der Waals surface area contributed by atoms with Crippen molar-refractivity contribution in [1.29, 1.82) is 0 Å². The van der Waals surface area contributed by atoms with Gasteiger partial charge in [0.2, 0.25) is 11.7 Å². The van der Waals surface area contributed by atoms with Crippen molar-refractivity contribution in [3.63, 3.8) is 0 Å². The molecule has 58 heavy (non-hydrogen) atoms. The van der Waals surface area contributed by atoms with Gasteiger partial charge in [-0.25, -0.2) is 24.5 Å². The summed E-state index contributed by atoms with van der Waals surface area (Å²) in [5.74, 6) is -1.44. The molecule has 0 radical (unpaired) electrons. The third-order valence-corrected chi connectivity index (χ3v) is 11.6. The van der Waals surface area contributed by atoms with Gasteiger partial charge in [0.05, 0.1) is 40.7 Å². The molecule has 19 heteroatoms. The van der Waals surface area contributed by atoms with Crippen molar-refractivity contribution in [2.45, 2.75) is 43.8 Å². The van der Waals surface area contributed by atoms with Crippen LogP contribution >= 0.6 is 23.2 Å². The van der Waals surface area contributed by atoms with Crippen LogP contribution in [0.5, 0.6) is 5.88 Å². The first-order chi connectivity index (χ1) is 27.7. The number of amides is 2. The topological polar surface area (TPSA) is 169 Å². The number of hydrogen-bond acceptors (Lipinski definition) is 10. The lowest BCUT2D eigenvalue weighted by Crippen LogP contribution is -2.61. The van der Waals surface area contributed by atoms with Gasteiger partial charge in [-0.3, -0.25) is 13.9 Å². The van der Waals surface area contributed by atoms with Crippen LogP contribution in [-0.4, -0.2) is 85.6 Å². The number of carbonyl (C=O) groups is 1. The van der Waals surface area contributed by atoms with Gasteiger partial charge >= 0.3 is 17.9 Å². The summed E-state index contributed by atoms with van der Waals surface area (Å²) in [6, 6.07) is 12.2. The van der Waals surface area contributed by atoms with E-state index in [9.17, 15) is 27.6 Å². The van der Waals surface area contributed by atoms with Crippen molar-refractivity contribution in [2.24, 2.45) is 14.1 Å². The minimum absolute atomic E-state index is 0.0109. The number of aliphatic hydroxyl groups excluding tert-OH is 1. The van der Waals surface area contributed by atoms with Crippen molar-refractivity contribution < 1.29 is 27.8 Å². The predicted molar refractivity (Wildman–Crippen MR) is 214 cm³/mol. The standard InChI is InChI=1S/C30H23Cl2F3N6O3.C9H17N3O2/c1-40-25-21(27(42)41(2)29(40)43)24(38-28(39-25)30(33,34)35)36-19-12-6-10-17(23(19)32)16-9-5-11-18(22(16)31)20-13-14-7-4-8-15(14)26(37-20)44-3;13-6-5-12-4-2-9(11-8(12)14)1-3-10-7-9/h5-6,9-13H,4,7-8H2,1-3H3,(H,36,38,39);10,13H,1-7H2,(H,11,14). The summed E-state index contributed by atoms with van der Waals surface area (Å²) < 4.78 is 48.5. The van der Waals surface area contributed by atoms with Crippen LogP contribution in [0.2, 0.25) is 10.0 Å². The maximum absolute atomic E-state index is 13.8. The Kier molecular flexibility index (Phi) is 11.4. The number of nitrogens with one attached hydrogen (secondary N) is 3. The van der Waals surface area contributed by atoms with E-state index < -0.39 is 34.7 Å². The number of anilines is 2. The van der Waals surface area contributed by atoms with Crippen molar-refractivity contribution >= 4 is 51.8 Å². The number of alkyl halides is 3. The number of ether oxygens (including phenoxy) is 1. The average Bonchev–Trinajstić information content (AvgIpc) is 3.87. The van der Waals surface area contributed by atoms with E-state index >= 15 is 0 Å². The number of urea groups is 1. The SMILES string of the molecule is COc1nc(-c2cccc(-c3cccc(Nc4nc(C(F)(F)F)nc5c4c(=O)n(C)c(=O)n5C)c3Cl)c2Cl)cc2c1CCC2.O=C1NC2(CCNC2)CCN1CCO. The molecule has 1 unspecified atom stereocenters. The number of β-amino-alcohol motifs (C(OH)–C–C–N with tert-alkyl or cyclic N) is 1. The van der Waals surface area contributed by atoms with Crippen LogP contribution in [0.3, 0.4) is 0 Å². The van der Waals surface area contributed by atoms with Crippen molar-refractivity contribution in [3.8, 4) is 28.3 Å². The average molecular weight is 843 g/mol. The minimum Gasteiger partial charge on any atom is -0.481 e. The summed E-state index contributed by atoms with van der Waals surface area (Å²) in [4.78, 5) is 50.6. The van der Waals surface area contributed by atoms with E-state index in [2.05, 4.69) is 25.9 Å². The fraction of sp³-hybridized carbons (Fsp3) is 0.385. The number of aliphatic hydroxyl groups is 1. The smallest absolute Gasteiger partial charge is 0.451 e. The third-order valence-electron chi connectivity index (χ3n) is 10.7. The van der Waals surface area contributed by atoms with E-state index in [0.29, 0.717) is 39.8 Å². The Hall–Kier alpha value is -5.23. The second-order valence-corrected chi connectivity index (χ2v) is 15.1. The maximum Gasteiger partial charge on any atom is 0.451 e. The molecule has 3 aromatic heterocycles. The lowest BCUT2D eigenvalue weighted by Gasteiger charge is -2.39. The summed E-state index contributed by atoms with van der Waals surface area (Å²) >= 11 is 13.8. The van der Waals surface area contributed by atoms with E-state index in [1.54, 1.807) is 36.3 Å². The number of aryl methyl sites for hydroxylation is 2. The Morgan fingerprint density at radius 1 is 0.966 bits per heavy atom. The molecule has 2 amide bonds. The molecule has 2 saturated heterocycles. The van der Waals surface area contributed by atoms with E-state index in [1.165, 1.54) is 20.2 Å². The highest BCUT2D eigenvalue weighted by molar-refractivity contribution is 6.39. The molecule has 5 heterocycles. The summed E-state index contributed by atoms with van der Waals surface area (Å²) in [6.45, 7) is 3.11. The molecule has 8 rings (SSSR count). The van der Waals surface area contributed by atoms with Gasteiger partial charge in [0.25, 0.3) is 5.56 Å². The summed E-state index contributed by atoms with van der Waals surface area (Å²) in [5, 5.41) is 18.0. The van der Waals surface area contributed by atoms with Gasteiger partial charge in [-0.2, -0.15) is 13.2 Å². The molecular weight excluding hydrogens is 802 g/mol. The largest absolute Gasteiger partial charge is 0.481 e. The second kappa shape index (κ2) is 16.2. The van der Waals surface area contributed by atoms with Crippen LogP contribution in [-0.2, 0) is 33.1 Å². The summed E-state index contributed by atoms with van der Waals surface area (Å²) in [7, 11) is 4.00. The molecule has 2 fully saturated rings. The molecule has 0 bridgehead atoms. The number of methoxy groups -OCH3 is 1. The molecular formula is C39H40Cl2F3N9O5. The normalized spacial score (nSPS) is 17.6. The lowest BCUT2D eigenvalue weighted by molar-refractivity contribution is -0.144. The first-order valence-electron chi connectivity index (χ1n) is 18.5. The number of hydrogen-bond donors (Lipinski definition) is 4. The number of carbonyl (C=O) groups excluding carboxylic acids is 1. The van der Waals surface area contributed by atoms with Crippen LogP contribution in [0, 0.1) is 0 Å². The van der Waals surface area contributed by atoms with Gasteiger partial charge in [-0.1, -0.05) is 53.5 Å². The van der Waals surface area contributed by atoms with E-state index in [0.717, 1.165) is 72.0 Å². The second-order valence-electron chi connectivity index (χ2n) is 14.4. The number of pyridine rings is 1. The van der Waals surface area contributed by atoms with E-state index in [4.69, 9.17) is 38.0 Å². The maximum atomic E-state index is 13.8. The van der Waals surface area contributed by atoms with Gasteiger partial charge in [0, 0.05) is 56.0 Å². The van der Waals surface area contributed by atoms with Crippen LogP contribution in [0.15, 0.2) is 52.1 Å². The number of aromatic nitrogens is 5. The Morgan fingerprint density at radius 3 is 2.36 bits per heavy atom. The fourth-order valence-electron chi connectivity index (χ4n) is 7.65. The first-order valence-corrected chi connectivity index (χ1v) is 19.3. The number of halogens is 5. The van der Waals surface area contributed by atoms with Crippen LogP contribution in [0.25, 0.3) is 33.4 Å². The summed E-state index contributed by atoms with van der Waals surface area (Å²) in [5.41, 5.74) is 2.46. The molecule has 5 aromatic rings. The predicted octanol–water partition coefficient (Wildman–Crippen LogP) is 5.45. The molecule has 3 aliphatic rings. The van der Waals surface area contributed by atoms with E-state index in [1.807, 2.05) is 12.1 Å². The molecule has 0 saturated carbocycles. The van der Waals surface area contributed by atoms with Crippen molar-refractivity contribution in [3.05, 3.63) is 90.3 Å². The lowest BCUT2D eigenvalue weighted by atomic mass is 9.92. The molecule has 14 nitrogen and oxygen atoms in total. The molecule has 1 spiro atoms. The van der Waals surface area contributed by atoms with Gasteiger partial charge in [0.1, 0.15) is 11.2 Å². The van der Waals surface area contributed by atoms with E-state index in [-0.39, 0.29) is 34.3 Å². The first kappa shape index (κ1) is 40.9. The van der Waals surface area contributed by atoms with Crippen LogP contribution in [0.1, 0.15) is 36.2 Å². The number of nitrogens with zero attached hydrogens (tertiary/aromatic N) is 6. The quantitative estimate of drug-likeness (QED) is 0.166. The number of rotatable bonds is 7. The Morgan fingerprint density at radius 2 is 1.69 bits per heavy atom. The summed E-state index contributed by atoms with van der Waals surface area (Å²) in [6.07, 6.45) is -0.159. The number of benzene rings is 2. The highest BCUT2D eigenvalue weighted by Crippen LogP contribution is 2.43. The third kappa shape index (κ3) is 7.70. The highest BCUT2D eigenvalue weighted by atomic mass is 35.5. The van der Waals surface area contributed by atoms with Crippen molar-refractivity contribution in [2.75, 3.05) is 45.2 Å². The molecule has 4 N–H and O–H groups in total. The zero-order valence-corrected chi connectivity index (χ0v) is 33.3. The molecule has 306 valence electrons. The minimum atomic E-state index is -4.96. The zero-order valence-electron chi connectivity index (χ0n) is 31.8. The molecule has 2 aliphatic heterocycles. The number of fused-ring (bicyclic) bond motifs is 2. The molecule has 1 aliphatic carbocycles. The molecule has 2 aromatic carbocycles. The highest BCUT2D eigenvalue weighted by Gasteiger charge is 2.40.